The van der Waals surface area contributed by atoms with Crippen LogP contribution >= 0.6 is 11.8 Å². The van der Waals surface area contributed by atoms with Crippen molar-refractivity contribution in [2.75, 3.05) is 24.7 Å². The number of thioether (sulfide) groups is 1. The third kappa shape index (κ3) is 6.67. The summed E-state index contributed by atoms with van der Waals surface area (Å²) in [6, 6.07) is 9.03. The Hall–Kier alpha value is -0.670. The van der Waals surface area contributed by atoms with E-state index < -0.39 is 0 Å². The molecule has 1 aromatic rings. The molecule has 0 aliphatic heterocycles. The summed E-state index contributed by atoms with van der Waals surface area (Å²) < 4.78 is 5.77. The Kier molecular flexibility index (Phi) is 9.60. The van der Waals surface area contributed by atoms with Crippen molar-refractivity contribution in [3.8, 4) is 5.75 Å². The topological polar surface area (TPSA) is 21.3 Å². The van der Waals surface area contributed by atoms with E-state index in [-0.39, 0.29) is 0 Å². The normalized spacial score (nSPS) is 12.3. The highest BCUT2D eigenvalue weighted by Gasteiger charge is 2.07. The van der Waals surface area contributed by atoms with E-state index >= 15 is 0 Å². The third-order valence-electron chi connectivity index (χ3n) is 3.24. The zero-order valence-electron chi connectivity index (χ0n) is 13.2. The highest BCUT2D eigenvalue weighted by atomic mass is 32.2. The number of nitrogens with one attached hydrogen (secondary N) is 1. The summed E-state index contributed by atoms with van der Waals surface area (Å²) in [6.07, 6.45) is 3.41. The average molecular weight is 295 g/mol. The van der Waals surface area contributed by atoms with Crippen molar-refractivity contribution in [2.45, 2.75) is 46.1 Å². The number of hydrogen-bond acceptors (Lipinski definition) is 3. The van der Waals surface area contributed by atoms with Crippen molar-refractivity contribution in [1.82, 2.24) is 5.32 Å². The fourth-order valence-electron chi connectivity index (χ4n) is 2.11. The van der Waals surface area contributed by atoms with E-state index in [1.807, 2.05) is 11.8 Å². The molecule has 0 spiro atoms. The summed E-state index contributed by atoms with van der Waals surface area (Å²) in [6.45, 7) is 8.51. The zero-order chi connectivity index (χ0) is 14.6. The second-order valence-electron chi connectivity index (χ2n) is 4.88. The van der Waals surface area contributed by atoms with Gasteiger partial charge >= 0.3 is 0 Å². The van der Waals surface area contributed by atoms with E-state index in [0.29, 0.717) is 6.04 Å². The molecule has 1 rings (SSSR count). The molecule has 0 radical (unpaired) electrons. The quantitative estimate of drug-likeness (QED) is 0.600. The summed E-state index contributed by atoms with van der Waals surface area (Å²) in [5.41, 5.74) is 1.36. The lowest BCUT2D eigenvalue weighted by Crippen LogP contribution is -2.21. The molecule has 1 N–H and O–H groups in total. The van der Waals surface area contributed by atoms with Gasteiger partial charge in [-0.15, -0.1) is 0 Å². The fraction of sp³-hybridized carbons (Fsp3) is 0.647. The predicted molar refractivity (Wildman–Crippen MR) is 90.9 cm³/mol. The van der Waals surface area contributed by atoms with Crippen LogP contribution in [0.1, 0.15) is 51.6 Å². The van der Waals surface area contributed by atoms with E-state index in [1.165, 1.54) is 23.5 Å². The summed E-state index contributed by atoms with van der Waals surface area (Å²) >= 11 is 1.97. The van der Waals surface area contributed by atoms with E-state index in [1.54, 1.807) is 0 Å². The van der Waals surface area contributed by atoms with E-state index in [0.717, 1.165) is 31.7 Å². The van der Waals surface area contributed by atoms with Crippen LogP contribution in [-0.2, 0) is 0 Å². The molecule has 0 aliphatic carbocycles. The lowest BCUT2D eigenvalue weighted by Gasteiger charge is -2.17. The fourth-order valence-corrected chi connectivity index (χ4v) is 2.72. The molecular weight excluding hydrogens is 266 g/mol. The highest BCUT2D eigenvalue weighted by molar-refractivity contribution is 7.99. The molecule has 0 aromatic heterocycles. The minimum Gasteiger partial charge on any atom is -0.494 e. The van der Waals surface area contributed by atoms with Crippen molar-refractivity contribution < 1.29 is 4.74 Å². The zero-order valence-corrected chi connectivity index (χ0v) is 14.0. The van der Waals surface area contributed by atoms with Gasteiger partial charge in [0.25, 0.3) is 0 Å². The van der Waals surface area contributed by atoms with Gasteiger partial charge in [0.05, 0.1) is 6.61 Å². The van der Waals surface area contributed by atoms with Gasteiger partial charge in [0.2, 0.25) is 0 Å². The first kappa shape index (κ1) is 17.4. The molecule has 114 valence electrons. The second kappa shape index (κ2) is 11.0. The monoisotopic (exact) mass is 295 g/mol. The molecule has 20 heavy (non-hydrogen) atoms. The van der Waals surface area contributed by atoms with Crippen LogP contribution < -0.4 is 10.1 Å². The third-order valence-corrected chi connectivity index (χ3v) is 4.22. The number of hydrogen-bond donors (Lipinski definition) is 1. The first-order chi connectivity index (χ1) is 9.81. The molecule has 0 saturated heterocycles. The lowest BCUT2D eigenvalue weighted by molar-refractivity contribution is 0.318. The van der Waals surface area contributed by atoms with Gasteiger partial charge in [-0.25, -0.2) is 0 Å². The standard InChI is InChI=1S/C17H29NOS/c1-4-12-18-17(5-2)15-8-10-16(11-9-15)19-13-7-14-20-6-3/h8-11,17-18H,4-7,12-14H2,1-3H3. The predicted octanol–water partition coefficient (Wildman–Crippen LogP) is 4.66. The van der Waals surface area contributed by atoms with Crippen LogP contribution in [0.2, 0.25) is 0 Å². The van der Waals surface area contributed by atoms with E-state index in [9.17, 15) is 0 Å². The Morgan fingerprint density at radius 1 is 1.15 bits per heavy atom. The molecule has 0 heterocycles. The highest BCUT2D eigenvalue weighted by Crippen LogP contribution is 2.20. The van der Waals surface area contributed by atoms with Crippen LogP contribution in [0.4, 0.5) is 0 Å². The maximum absolute atomic E-state index is 5.77. The van der Waals surface area contributed by atoms with Crippen molar-refractivity contribution >= 4 is 11.8 Å². The molecule has 0 amide bonds. The Bertz CT molecular complexity index is 339. The number of benzene rings is 1. The molecule has 1 atom stereocenters. The molecular formula is C17H29NOS. The Balaban J connectivity index is 2.38. The molecule has 1 aromatic carbocycles. The van der Waals surface area contributed by atoms with Crippen molar-refractivity contribution in [3.63, 3.8) is 0 Å². The molecule has 0 saturated carbocycles. The summed E-state index contributed by atoms with van der Waals surface area (Å²) in [5, 5.41) is 3.58. The largest absolute Gasteiger partial charge is 0.494 e. The van der Waals surface area contributed by atoms with Crippen molar-refractivity contribution in [1.29, 1.82) is 0 Å². The van der Waals surface area contributed by atoms with Gasteiger partial charge in [-0.1, -0.05) is 32.9 Å². The summed E-state index contributed by atoms with van der Waals surface area (Å²) in [5.74, 6) is 3.37. The molecule has 2 nitrogen and oxygen atoms in total. The van der Waals surface area contributed by atoms with Crippen LogP contribution in [0.15, 0.2) is 24.3 Å². The Labute approximate surface area is 128 Å². The maximum atomic E-state index is 5.77. The number of rotatable bonds is 11. The van der Waals surface area contributed by atoms with Gasteiger partial charge in [-0.2, -0.15) is 11.8 Å². The molecule has 0 bridgehead atoms. The van der Waals surface area contributed by atoms with Gasteiger partial charge in [0.15, 0.2) is 0 Å². The van der Waals surface area contributed by atoms with Crippen molar-refractivity contribution in [2.24, 2.45) is 0 Å². The average Bonchev–Trinajstić information content (AvgIpc) is 2.49. The van der Waals surface area contributed by atoms with Crippen LogP contribution in [0, 0.1) is 0 Å². The van der Waals surface area contributed by atoms with Crippen LogP contribution in [0.25, 0.3) is 0 Å². The van der Waals surface area contributed by atoms with E-state index in [4.69, 9.17) is 4.74 Å². The van der Waals surface area contributed by atoms with Crippen LogP contribution in [-0.4, -0.2) is 24.7 Å². The molecule has 1 unspecified atom stereocenters. The van der Waals surface area contributed by atoms with Gasteiger partial charge in [0, 0.05) is 6.04 Å². The Morgan fingerprint density at radius 3 is 2.50 bits per heavy atom. The minimum atomic E-state index is 0.463. The molecule has 0 aliphatic rings. The van der Waals surface area contributed by atoms with E-state index in [2.05, 4.69) is 50.4 Å². The smallest absolute Gasteiger partial charge is 0.119 e. The van der Waals surface area contributed by atoms with Gasteiger partial charge in [-0.05, 0) is 55.0 Å². The Morgan fingerprint density at radius 2 is 1.90 bits per heavy atom. The number of ether oxygens (including phenoxy) is 1. The summed E-state index contributed by atoms with van der Waals surface area (Å²) in [7, 11) is 0. The lowest BCUT2D eigenvalue weighted by atomic mass is 10.0. The molecule has 3 heteroatoms. The SMILES string of the molecule is CCCNC(CC)c1ccc(OCCCSCC)cc1. The second-order valence-corrected chi connectivity index (χ2v) is 6.28. The maximum Gasteiger partial charge on any atom is 0.119 e. The first-order valence-corrected chi connectivity index (χ1v) is 9.01. The van der Waals surface area contributed by atoms with Gasteiger partial charge < -0.3 is 10.1 Å². The van der Waals surface area contributed by atoms with Gasteiger partial charge in [-0.3, -0.25) is 0 Å². The minimum absolute atomic E-state index is 0.463. The van der Waals surface area contributed by atoms with Crippen molar-refractivity contribution in [3.05, 3.63) is 29.8 Å². The molecule has 0 fully saturated rings. The summed E-state index contributed by atoms with van der Waals surface area (Å²) in [4.78, 5) is 0. The first-order valence-electron chi connectivity index (χ1n) is 7.85. The van der Waals surface area contributed by atoms with Crippen LogP contribution in [0.3, 0.4) is 0 Å². The van der Waals surface area contributed by atoms with Gasteiger partial charge in [0.1, 0.15) is 5.75 Å². The van der Waals surface area contributed by atoms with Crippen LogP contribution in [0.5, 0.6) is 5.75 Å².